The Bertz CT molecular complexity index is 760. The van der Waals surface area contributed by atoms with Gasteiger partial charge in [-0.15, -0.1) is 0 Å². The number of nitrogens with zero attached hydrogens (tertiary/aromatic N) is 1. The highest BCUT2D eigenvalue weighted by Crippen LogP contribution is 2.68. The topological polar surface area (TPSA) is 33.1 Å². The molecule has 26 heavy (non-hydrogen) atoms. The first kappa shape index (κ1) is 17.3. The van der Waals surface area contributed by atoms with Crippen LogP contribution in [0.5, 0.6) is 0 Å². The quantitative estimate of drug-likeness (QED) is 0.682. The van der Waals surface area contributed by atoms with Gasteiger partial charge in [-0.3, -0.25) is 4.98 Å². The third-order valence-electron chi connectivity index (χ3n) is 8.89. The monoisotopic (exact) mass is 371 g/mol. The van der Waals surface area contributed by atoms with Crippen LogP contribution in [0, 0.1) is 34.5 Å². The summed E-state index contributed by atoms with van der Waals surface area (Å²) in [7, 11) is 0. The fourth-order valence-electron chi connectivity index (χ4n) is 7.73. The molecule has 7 unspecified atom stereocenters. The summed E-state index contributed by atoms with van der Waals surface area (Å²) in [5, 5.41) is 11.1. The van der Waals surface area contributed by atoms with E-state index in [2.05, 4.69) is 31.0 Å². The van der Waals surface area contributed by atoms with Gasteiger partial charge >= 0.3 is 0 Å². The van der Waals surface area contributed by atoms with Crippen LogP contribution in [0.1, 0.15) is 64.4 Å². The molecule has 3 heteroatoms. The zero-order valence-electron chi connectivity index (χ0n) is 15.9. The van der Waals surface area contributed by atoms with Crippen molar-refractivity contribution < 1.29 is 5.11 Å². The number of rotatable bonds is 1. The average Bonchev–Trinajstić information content (AvgIpc) is 3.10. The molecule has 7 atom stereocenters. The number of aromatic nitrogens is 1. The normalized spacial score (nSPS) is 47.1. The van der Waals surface area contributed by atoms with E-state index in [9.17, 15) is 5.11 Å². The highest BCUT2D eigenvalue weighted by atomic mass is 35.5. The molecular formula is C23H30ClNO. The molecule has 1 N–H and O–H groups in total. The van der Waals surface area contributed by atoms with E-state index >= 15 is 0 Å². The summed E-state index contributed by atoms with van der Waals surface area (Å²) in [6, 6.07) is 2.09. The molecule has 0 bridgehead atoms. The van der Waals surface area contributed by atoms with E-state index in [1.165, 1.54) is 43.2 Å². The van der Waals surface area contributed by atoms with Crippen LogP contribution in [0.15, 0.2) is 24.5 Å². The SMILES string of the molecule is CC12CCC3C(CCC4CC(O)CC43C)C1CC=C2c1cncc(Cl)c1. The number of hydrogen-bond acceptors (Lipinski definition) is 2. The van der Waals surface area contributed by atoms with Crippen molar-refractivity contribution in [1.82, 2.24) is 4.98 Å². The maximum atomic E-state index is 10.3. The van der Waals surface area contributed by atoms with Gasteiger partial charge in [0.05, 0.1) is 11.1 Å². The highest BCUT2D eigenvalue weighted by molar-refractivity contribution is 6.30. The number of aliphatic hydroxyl groups excluding tert-OH is 1. The molecule has 4 aliphatic rings. The van der Waals surface area contributed by atoms with Crippen molar-refractivity contribution in [3.63, 3.8) is 0 Å². The van der Waals surface area contributed by atoms with E-state index in [1.54, 1.807) is 6.20 Å². The van der Waals surface area contributed by atoms with Crippen LogP contribution in [-0.4, -0.2) is 16.2 Å². The maximum absolute atomic E-state index is 10.3. The molecule has 4 aliphatic carbocycles. The lowest BCUT2D eigenvalue weighted by atomic mass is 9.47. The van der Waals surface area contributed by atoms with Crippen molar-refractivity contribution in [2.45, 2.75) is 64.9 Å². The van der Waals surface area contributed by atoms with Gasteiger partial charge in [0.25, 0.3) is 0 Å². The Morgan fingerprint density at radius 3 is 2.81 bits per heavy atom. The van der Waals surface area contributed by atoms with Crippen LogP contribution in [0.4, 0.5) is 0 Å². The van der Waals surface area contributed by atoms with Crippen molar-refractivity contribution in [2.75, 3.05) is 0 Å². The summed E-state index contributed by atoms with van der Waals surface area (Å²) in [4.78, 5) is 4.34. The van der Waals surface area contributed by atoms with E-state index in [-0.39, 0.29) is 11.5 Å². The lowest BCUT2D eigenvalue weighted by Gasteiger charge is -2.57. The van der Waals surface area contributed by atoms with Crippen molar-refractivity contribution in [3.8, 4) is 0 Å². The van der Waals surface area contributed by atoms with Crippen molar-refractivity contribution in [3.05, 3.63) is 35.1 Å². The molecule has 1 aromatic heterocycles. The van der Waals surface area contributed by atoms with E-state index < -0.39 is 0 Å². The fraction of sp³-hybridized carbons (Fsp3) is 0.696. The number of pyridine rings is 1. The number of halogens is 1. The van der Waals surface area contributed by atoms with Gasteiger partial charge in [-0.1, -0.05) is 31.5 Å². The number of hydrogen-bond donors (Lipinski definition) is 1. The van der Waals surface area contributed by atoms with Crippen molar-refractivity contribution in [1.29, 1.82) is 0 Å². The maximum Gasteiger partial charge on any atom is 0.0595 e. The highest BCUT2D eigenvalue weighted by Gasteiger charge is 2.59. The minimum absolute atomic E-state index is 0.0631. The Balaban J connectivity index is 1.46. The molecule has 0 spiro atoms. The van der Waals surface area contributed by atoms with Gasteiger partial charge in [-0.2, -0.15) is 0 Å². The largest absolute Gasteiger partial charge is 0.393 e. The fourth-order valence-corrected chi connectivity index (χ4v) is 7.91. The molecule has 1 heterocycles. The number of aliphatic hydroxyl groups is 1. The van der Waals surface area contributed by atoms with Gasteiger partial charge in [0.2, 0.25) is 0 Å². The van der Waals surface area contributed by atoms with Gasteiger partial charge in [0.1, 0.15) is 0 Å². The molecule has 5 rings (SSSR count). The first-order valence-corrected chi connectivity index (χ1v) is 10.8. The van der Waals surface area contributed by atoms with Crippen LogP contribution < -0.4 is 0 Å². The Morgan fingerprint density at radius 2 is 2.00 bits per heavy atom. The van der Waals surface area contributed by atoms with Gasteiger partial charge in [-0.25, -0.2) is 0 Å². The number of fused-ring (bicyclic) bond motifs is 5. The van der Waals surface area contributed by atoms with Gasteiger partial charge in [-0.05, 0) is 96.7 Å². The molecule has 0 aliphatic heterocycles. The third-order valence-corrected chi connectivity index (χ3v) is 9.10. The van der Waals surface area contributed by atoms with E-state index in [0.717, 1.165) is 41.5 Å². The smallest absolute Gasteiger partial charge is 0.0595 e. The summed E-state index contributed by atoms with van der Waals surface area (Å²) in [6.07, 6.45) is 14.6. The predicted octanol–water partition coefficient (Wildman–Crippen LogP) is 5.74. The second-order valence-electron chi connectivity index (χ2n) is 9.95. The third kappa shape index (κ3) is 2.31. The average molecular weight is 372 g/mol. The molecule has 2 nitrogen and oxygen atoms in total. The summed E-state index contributed by atoms with van der Waals surface area (Å²) in [5.74, 6) is 3.09. The Kier molecular flexibility index (Phi) is 3.86. The predicted molar refractivity (Wildman–Crippen MR) is 106 cm³/mol. The summed E-state index contributed by atoms with van der Waals surface area (Å²) in [5.41, 5.74) is 3.32. The molecule has 3 fully saturated rings. The minimum Gasteiger partial charge on any atom is -0.393 e. The van der Waals surface area contributed by atoms with E-state index in [1.807, 2.05) is 6.20 Å². The Morgan fingerprint density at radius 1 is 1.15 bits per heavy atom. The van der Waals surface area contributed by atoms with Crippen molar-refractivity contribution in [2.24, 2.45) is 34.5 Å². The Hall–Kier alpha value is -0.860. The van der Waals surface area contributed by atoms with E-state index in [0.29, 0.717) is 5.41 Å². The number of allylic oxidation sites excluding steroid dienone is 2. The molecule has 3 saturated carbocycles. The first-order chi connectivity index (χ1) is 12.4. The van der Waals surface area contributed by atoms with Gasteiger partial charge in [0.15, 0.2) is 0 Å². The van der Waals surface area contributed by atoms with Crippen LogP contribution in [0.2, 0.25) is 5.02 Å². The van der Waals surface area contributed by atoms with Crippen molar-refractivity contribution >= 4 is 17.2 Å². The summed E-state index contributed by atoms with van der Waals surface area (Å²) in [6.45, 7) is 4.99. The van der Waals surface area contributed by atoms with Gasteiger partial charge in [0, 0.05) is 12.4 Å². The summed E-state index contributed by atoms with van der Waals surface area (Å²) < 4.78 is 0. The van der Waals surface area contributed by atoms with Crippen LogP contribution in [-0.2, 0) is 0 Å². The summed E-state index contributed by atoms with van der Waals surface area (Å²) >= 11 is 6.23. The van der Waals surface area contributed by atoms with E-state index in [4.69, 9.17) is 11.6 Å². The molecule has 0 saturated heterocycles. The second kappa shape index (κ2) is 5.82. The Labute approximate surface area is 162 Å². The van der Waals surface area contributed by atoms with Crippen LogP contribution in [0.3, 0.4) is 0 Å². The molecule has 0 amide bonds. The lowest BCUT2D eigenvalue weighted by molar-refractivity contribution is -0.0657. The molecule has 0 radical (unpaired) electrons. The van der Waals surface area contributed by atoms with Crippen LogP contribution in [0.25, 0.3) is 5.57 Å². The molecule has 1 aromatic rings. The zero-order valence-corrected chi connectivity index (χ0v) is 16.7. The standard InChI is InChI=1S/C23H30ClNO/c1-22-8-7-21-18(4-3-15-10-17(26)11-23(15,21)2)20(22)6-5-19(22)14-9-16(24)13-25-12-14/h5,9,12-13,15,17-18,20-21,26H,3-4,6-8,10-11H2,1-2H3. The molecule has 140 valence electrons. The van der Waals surface area contributed by atoms with Gasteiger partial charge < -0.3 is 5.11 Å². The minimum atomic E-state index is -0.0631. The zero-order chi connectivity index (χ0) is 18.1. The van der Waals surface area contributed by atoms with Crippen LogP contribution >= 0.6 is 11.6 Å². The molecule has 0 aromatic carbocycles. The molecular weight excluding hydrogens is 342 g/mol. The lowest BCUT2D eigenvalue weighted by Crippen LogP contribution is -2.49. The second-order valence-corrected chi connectivity index (χ2v) is 10.4. The first-order valence-electron chi connectivity index (χ1n) is 10.4.